The van der Waals surface area contributed by atoms with Crippen molar-refractivity contribution in [3.05, 3.63) is 12.7 Å². The van der Waals surface area contributed by atoms with E-state index in [2.05, 4.69) is 6.58 Å². The molecule has 0 fully saturated rings. The first kappa shape index (κ1) is 8.80. The van der Waals surface area contributed by atoms with Crippen molar-refractivity contribution in [2.24, 2.45) is 5.92 Å². The fraction of sp³-hybridized carbons (Fsp3) is 0.667. The summed E-state index contributed by atoms with van der Waals surface area (Å²) in [6, 6.07) is 0. The standard InChI is InChI=1S/C6H11O2P/c1-3-4-6(2)5-9(7)8/h3,6H,1,4-5H2,2H3/p+1. The highest BCUT2D eigenvalue weighted by molar-refractivity contribution is 7.37. The van der Waals surface area contributed by atoms with Crippen LogP contribution in [-0.4, -0.2) is 11.1 Å². The van der Waals surface area contributed by atoms with E-state index in [0.717, 1.165) is 6.42 Å². The Morgan fingerprint density at radius 2 is 2.44 bits per heavy atom. The summed E-state index contributed by atoms with van der Waals surface area (Å²) >= 11 is 0. The molecule has 0 aliphatic heterocycles. The van der Waals surface area contributed by atoms with Crippen molar-refractivity contribution >= 4 is 8.03 Å². The summed E-state index contributed by atoms with van der Waals surface area (Å²) in [4.78, 5) is 8.42. The lowest BCUT2D eigenvalue weighted by Crippen LogP contribution is -1.94. The third kappa shape index (κ3) is 5.67. The molecule has 0 aromatic carbocycles. The highest BCUT2D eigenvalue weighted by Crippen LogP contribution is 2.19. The molecule has 3 heteroatoms. The topological polar surface area (TPSA) is 37.3 Å². The summed E-state index contributed by atoms with van der Waals surface area (Å²) in [6.45, 7) is 5.47. The zero-order valence-electron chi connectivity index (χ0n) is 5.58. The first-order valence-electron chi connectivity index (χ1n) is 2.91. The van der Waals surface area contributed by atoms with Crippen LogP contribution in [0.2, 0.25) is 0 Å². The summed E-state index contributed by atoms with van der Waals surface area (Å²) in [7, 11) is -1.95. The summed E-state index contributed by atoms with van der Waals surface area (Å²) in [6.07, 6.45) is 2.98. The number of rotatable bonds is 4. The Labute approximate surface area is 56.5 Å². The van der Waals surface area contributed by atoms with E-state index >= 15 is 0 Å². The maximum Gasteiger partial charge on any atom is 0.505 e. The van der Waals surface area contributed by atoms with Gasteiger partial charge in [0.15, 0.2) is 6.16 Å². The molecule has 0 aromatic rings. The van der Waals surface area contributed by atoms with Crippen LogP contribution in [0.15, 0.2) is 12.7 Å². The first-order chi connectivity index (χ1) is 4.16. The van der Waals surface area contributed by atoms with Gasteiger partial charge in [0.25, 0.3) is 0 Å². The van der Waals surface area contributed by atoms with Crippen molar-refractivity contribution < 1.29 is 9.46 Å². The molecule has 52 valence electrons. The highest BCUT2D eigenvalue weighted by atomic mass is 31.1. The number of allylic oxidation sites excluding steroid dienone is 1. The van der Waals surface area contributed by atoms with Crippen molar-refractivity contribution in [1.82, 2.24) is 0 Å². The molecule has 1 N–H and O–H groups in total. The van der Waals surface area contributed by atoms with Gasteiger partial charge < -0.3 is 0 Å². The molecule has 2 nitrogen and oxygen atoms in total. The molecule has 0 aliphatic rings. The van der Waals surface area contributed by atoms with Crippen LogP contribution in [0, 0.1) is 5.92 Å². The van der Waals surface area contributed by atoms with Gasteiger partial charge in [-0.15, -0.1) is 6.58 Å². The average Bonchev–Trinajstić information content (AvgIpc) is 1.63. The number of hydrogen-bond donors (Lipinski definition) is 1. The van der Waals surface area contributed by atoms with Crippen LogP contribution in [0.1, 0.15) is 13.3 Å². The second kappa shape index (κ2) is 4.66. The smallest absolute Gasteiger partial charge is 0.161 e. The Morgan fingerprint density at radius 1 is 1.89 bits per heavy atom. The quantitative estimate of drug-likeness (QED) is 0.487. The summed E-state index contributed by atoms with van der Waals surface area (Å²) in [5.74, 6) is 0.288. The van der Waals surface area contributed by atoms with Crippen molar-refractivity contribution in [2.75, 3.05) is 6.16 Å². The SMILES string of the molecule is C=CCC(C)C[P+](=O)O. The van der Waals surface area contributed by atoms with E-state index in [9.17, 15) is 4.57 Å². The molecule has 0 rings (SSSR count). The van der Waals surface area contributed by atoms with Crippen LogP contribution in [-0.2, 0) is 4.57 Å². The monoisotopic (exact) mass is 147 g/mol. The van der Waals surface area contributed by atoms with Gasteiger partial charge in [-0.05, 0) is 11.0 Å². The summed E-state index contributed by atoms with van der Waals surface area (Å²) < 4.78 is 10.2. The second-order valence-corrected chi connectivity index (χ2v) is 3.23. The lowest BCUT2D eigenvalue weighted by Gasteiger charge is -1.95. The van der Waals surface area contributed by atoms with Crippen molar-refractivity contribution in [3.63, 3.8) is 0 Å². The molecule has 0 heterocycles. The Hall–Kier alpha value is -0.200. The minimum atomic E-state index is -1.95. The van der Waals surface area contributed by atoms with E-state index < -0.39 is 8.03 Å². The zero-order chi connectivity index (χ0) is 7.28. The molecule has 0 radical (unpaired) electrons. The molecular formula is C6H12O2P+. The third-order valence-corrected chi connectivity index (χ3v) is 1.97. The van der Waals surface area contributed by atoms with Gasteiger partial charge >= 0.3 is 8.03 Å². The van der Waals surface area contributed by atoms with E-state index in [1.807, 2.05) is 6.92 Å². The molecule has 9 heavy (non-hydrogen) atoms. The fourth-order valence-corrected chi connectivity index (χ4v) is 1.31. The van der Waals surface area contributed by atoms with Gasteiger partial charge in [-0.3, -0.25) is 0 Å². The molecule has 0 saturated heterocycles. The van der Waals surface area contributed by atoms with Crippen LogP contribution in [0.4, 0.5) is 0 Å². The summed E-state index contributed by atoms with van der Waals surface area (Å²) in [5, 5.41) is 0. The van der Waals surface area contributed by atoms with E-state index in [0.29, 0.717) is 6.16 Å². The van der Waals surface area contributed by atoms with E-state index in [4.69, 9.17) is 4.89 Å². The Balaban J connectivity index is 3.37. The Kier molecular flexibility index (Phi) is 4.55. The van der Waals surface area contributed by atoms with Gasteiger partial charge in [0.05, 0.1) is 0 Å². The van der Waals surface area contributed by atoms with Crippen molar-refractivity contribution in [2.45, 2.75) is 13.3 Å². The van der Waals surface area contributed by atoms with Crippen LogP contribution >= 0.6 is 8.03 Å². The van der Waals surface area contributed by atoms with Gasteiger partial charge in [0.1, 0.15) is 0 Å². The molecule has 0 bridgehead atoms. The normalized spacial score (nSPS) is 14.7. The fourth-order valence-electron chi connectivity index (χ4n) is 0.626. The van der Waals surface area contributed by atoms with E-state index in [-0.39, 0.29) is 5.92 Å². The van der Waals surface area contributed by atoms with Gasteiger partial charge in [-0.25, -0.2) is 0 Å². The maximum absolute atomic E-state index is 10.2. The lowest BCUT2D eigenvalue weighted by molar-refractivity contribution is 0.490. The van der Waals surface area contributed by atoms with Crippen molar-refractivity contribution in [3.8, 4) is 0 Å². The largest absolute Gasteiger partial charge is 0.505 e. The molecule has 0 saturated carbocycles. The Bertz CT molecular complexity index is 112. The molecule has 2 unspecified atom stereocenters. The molecule has 0 spiro atoms. The first-order valence-corrected chi connectivity index (χ1v) is 4.31. The van der Waals surface area contributed by atoms with Gasteiger partial charge in [0.2, 0.25) is 0 Å². The molecule has 0 amide bonds. The van der Waals surface area contributed by atoms with Crippen LogP contribution < -0.4 is 0 Å². The lowest BCUT2D eigenvalue weighted by atomic mass is 10.1. The molecule has 2 atom stereocenters. The minimum absolute atomic E-state index is 0.288. The molecule has 0 aromatic heterocycles. The van der Waals surface area contributed by atoms with Crippen LogP contribution in [0.5, 0.6) is 0 Å². The van der Waals surface area contributed by atoms with Crippen LogP contribution in [0.25, 0.3) is 0 Å². The summed E-state index contributed by atoms with van der Waals surface area (Å²) in [5.41, 5.74) is 0. The average molecular weight is 147 g/mol. The van der Waals surface area contributed by atoms with Crippen LogP contribution in [0.3, 0.4) is 0 Å². The predicted molar refractivity (Wildman–Crippen MR) is 38.7 cm³/mol. The Morgan fingerprint density at radius 3 is 2.78 bits per heavy atom. The molecular weight excluding hydrogens is 135 g/mol. The highest BCUT2D eigenvalue weighted by Gasteiger charge is 2.14. The zero-order valence-corrected chi connectivity index (χ0v) is 6.47. The van der Waals surface area contributed by atoms with Gasteiger partial charge in [-0.2, -0.15) is 4.89 Å². The van der Waals surface area contributed by atoms with Crippen molar-refractivity contribution in [1.29, 1.82) is 0 Å². The molecule has 0 aliphatic carbocycles. The van der Waals surface area contributed by atoms with Gasteiger partial charge in [-0.1, -0.05) is 13.0 Å². The van der Waals surface area contributed by atoms with E-state index in [1.165, 1.54) is 0 Å². The number of hydrogen-bond acceptors (Lipinski definition) is 1. The predicted octanol–water partition coefficient (Wildman–Crippen LogP) is 1.93. The minimum Gasteiger partial charge on any atom is -0.161 e. The third-order valence-electron chi connectivity index (χ3n) is 1.04. The van der Waals surface area contributed by atoms with Gasteiger partial charge in [0, 0.05) is 5.92 Å². The van der Waals surface area contributed by atoms with E-state index in [1.54, 1.807) is 6.08 Å². The maximum atomic E-state index is 10.2. The second-order valence-electron chi connectivity index (χ2n) is 2.16.